The van der Waals surface area contributed by atoms with Crippen LogP contribution in [0, 0.1) is 10.1 Å². The molecule has 0 fully saturated rings. The molecule has 19 heavy (non-hydrogen) atoms. The van der Waals surface area contributed by atoms with Crippen molar-refractivity contribution in [3.8, 4) is 0 Å². The molecule has 0 saturated heterocycles. The Morgan fingerprint density at radius 1 is 1.42 bits per heavy atom. The molecule has 7 nitrogen and oxygen atoms in total. The first-order chi connectivity index (χ1) is 8.79. The standard InChI is InChI=1S/C12H15N3O4/c1-12(2,3)19-11(16)14-13-8-9-6-4-5-7-10(9)15(17)18/h4-8H,1-3H3,(H,14,16)/b13-8-. The van der Waals surface area contributed by atoms with E-state index in [4.69, 9.17) is 4.74 Å². The molecule has 0 radical (unpaired) electrons. The highest BCUT2D eigenvalue weighted by Gasteiger charge is 2.15. The number of carbonyl (C=O) groups is 1. The van der Waals surface area contributed by atoms with Gasteiger partial charge in [-0.25, -0.2) is 10.2 Å². The van der Waals surface area contributed by atoms with Gasteiger partial charge in [0.25, 0.3) is 5.69 Å². The van der Waals surface area contributed by atoms with Gasteiger partial charge in [0.1, 0.15) is 5.60 Å². The zero-order valence-electron chi connectivity index (χ0n) is 10.9. The smallest absolute Gasteiger partial charge is 0.428 e. The van der Waals surface area contributed by atoms with Crippen LogP contribution in [0.3, 0.4) is 0 Å². The summed E-state index contributed by atoms with van der Waals surface area (Å²) in [7, 11) is 0. The Morgan fingerprint density at radius 2 is 2.05 bits per heavy atom. The van der Waals surface area contributed by atoms with Crippen LogP contribution < -0.4 is 5.43 Å². The number of hydrogen-bond donors (Lipinski definition) is 1. The van der Waals surface area contributed by atoms with Gasteiger partial charge in [-0.1, -0.05) is 12.1 Å². The van der Waals surface area contributed by atoms with E-state index in [2.05, 4.69) is 10.5 Å². The van der Waals surface area contributed by atoms with Crippen LogP contribution in [0.15, 0.2) is 29.4 Å². The lowest BCUT2D eigenvalue weighted by molar-refractivity contribution is -0.385. The Morgan fingerprint density at radius 3 is 2.63 bits per heavy atom. The minimum absolute atomic E-state index is 0.0859. The van der Waals surface area contributed by atoms with E-state index in [-0.39, 0.29) is 5.69 Å². The molecule has 0 unspecified atom stereocenters. The number of carbonyl (C=O) groups excluding carboxylic acids is 1. The summed E-state index contributed by atoms with van der Waals surface area (Å²) >= 11 is 0. The monoisotopic (exact) mass is 265 g/mol. The molecule has 0 aromatic heterocycles. The Hall–Kier alpha value is -2.44. The van der Waals surface area contributed by atoms with E-state index in [1.54, 1.807) is 32.9 Å². The van der Waals surface area contributed by atoms with Gasteiger partial charge in [0.15, 0.2) is 0 Å². The second-order valence-corrected chi connectivity index (χ2v) is 4.69. The molecule has 1 N–H and O–H groups in total. The van der Waals surface area contributed by atoms with Gasteiger partial charge in [-0.15, -0.1) is 0 Å². The summed E-state index contributed by atoms with van der Waals surface area (Å²) in [5.74, 6) is 0. The lowest BCUT2D eigenvalue weighted by Crippen LogP contribution is -2.29. The number of ether oxygens (including phenoxy) is 1. The quantitative estimate of drug-likeness (QED) is 0.516. The predicted molar refractivity (Wildman–Crippen MR) is 70.1 cm³/mol. The molecule has 0 bridgehead atoms. The molecule has 0 aliphatic heterocycles. The molecule has 1 amide bonds. The first kappa shape index (κ1) is 14.6. The molecule has 0 heterocycles. The number of nitro benzene ring substituents is 1. The van der Waals surface area contributed by atoms with Crippen molar-refractivity contribution in [1.29, 1.82) is 0 Å². The van der Waals surface area contributed by atoms with E-state index >= 15 is 0 Å². The van der Waals surface area contributed by atoms with E-state index < -0.39 is 16.6 Å². The van der Waals surface area contributed by atoms with Gasteiger partial charge < -0.3 is 4.74 Å². The minimum Gasteiger partial charge on any atom is -0.443 e. The Labute approximate surface area is 110 Å². The van der Waals surface area contributed by atoms with Gasteiger partial charge in [-0.2, -0.15) is 5.10 Å². The van der Waals surface area contributed by atoms with Crippen LogP contribution in [0.2, 0.25) is 0 Å². The fourth-order valence-electron chi connectivity index (χ4n) is 1.22. The van der Waals surface area contributed by atoms with Crippen LogP contribution in [-0.2, 0) is 4.74 Å². The maximum Gasteiger partial charge on any atom is 0.428 e. The Kier molecular flexibility index (Phi) is 4.57. The van der Waals surface area contributed by atoms with Crippen molar-refractivity contribution in [2.45, 2.75) is 26.4 Å². The molecule has 0 atom stereocenters. The Balaban J connectivity index is 2.68. The van der Waals surface area contributed by atoms with Crippen LogP contribution >= 0.6 is 0 Å². The van der Waals surface area contributed by atoms with Gasteiger partial charge >= 0.3 is 6.09 Å². The number of nitrogens with one attached hydrogen (secondary N) is 1. The van der Waals surface area contributed by atoms with E-state index in [0.29, 0.717) is 5.56 Å². The number of hydrogen-bond acceptors (Lipinski definition) is 5. The lowest BCUT2D eigenvalue weighted by Gasteiger charge is -2.18. The van der Waals surface area contributed by atoms with Gasteiger partial charge in [0, 0.05) is 6.07 Å². The van der Waals surface area contributed by atoms with Crippen LogP contribution in [0.5, 0.6) is 0 Å². The molecular formula is C12H15N3O4. The van der Waals surface area contributed by atoms with Crippen LogP contribution in [-0.4, -0.2) is 22.8 Å². The molecule has 7 heteroatoms. The SMILES string of the molecule is CC(C)(C)OC(=O)N/N=C\c1ccccc1[N+](=O)[O-]. The van der Waals surface area contributed by atoms with Gasteiger partial charge in [-0.05, 0) is 26.8 Å². The highest BCUT2D eigenvalue weighted by Crippen LogP contribution is 2.15. The fraction of sp³-hybridized carbons (Fsp3) is 0.333. The van der Waals surface area contributed by atoms with Crippen LogP contribution in [0.25, 0.3) is 0 Å². The fourth-order valence-corrected chi connectivity index (χ4v) is 1.22. The van der Waals surface area contributed by atoms with Crippen molar-refractivity contribution < 1.29 is 14.5 Å². The molecule has 102 valence electrons. The molecule has 1 rings (SSSR count). The maximum atomic E-state index is 11.3. The number of amides is 1. The van der Waals surface area contributed by atoms with Crippen molar-refractivity contribution in [3.05, 3.63) is 39.9 Å². The van der Waals surface area contributed by atoms with Gasteiger partial charge in [0.2, 0.25) is 0 Å². The molecule has 1 aromatic rings. The zero-order chi connectivity index (χ0) is 14.5. The second kappa shape index (κ2) is 5.94. The van der Waals surface area contributed by atoms with Crippen LogP contribution in [0.4, 0.5) is 10.5 Å². The zero-order valence-corrected chi connectivity index (χ0v) is 10.9. The van der Waals surface area contributed by atoms with Crippen LogP contribution in [0.1, 0.15) is 26.3 Å². The topological polar surface area (TPSA) is 93.8 Å². The number of para-hydroxylation sites is 1. The number of hydrazone groups is 1. The van der Waals surface area contributed by atoms with Crippen molar-refractivity contribution in [2.75, 3.05) is 0 Å². The van der Waals surface area contributed by atoms with Crippen molar-refractivity contribution in [3.63, 3.8) is 0 Å². The summed E-state index contributed by atoms with van der Waals surface area (Å²) in [6.07, 6.45) is 0.476. The average Bonchev–Trinajstić information content (AvgIpc) is 2.27. The highest BCUT2D eigenvalue weighted by atomic mass is 16.6. The third kappa shape index (κ3) is 5.15. The van der Waals surface area contributed by atoms with Gasteiger partial charge in [-0.3, -0.25) is 10.1 Å². The first-order valence-corrected chi connectivity index (χ1v) is 5.55. The highest BCUT2D eigenvalue weighted by molar-refractivity contribution is 5.85. The summed E-state index contributed by atoms with van der Waals surface area (Å²) in [4.78, 5) is 21.5. The normalized spacial score (nSPS) is 11.3. The molecule has 0 spiro atoms. The largest absolute Gasteiger partial charge is 0.443 e. The lowest BCUT2D eigenvalue weighted by atomic mass is 10.2. The molecule has 0 aliphatic carbocycles. The van der Waals surface area contributed by atoms with Crippen molar-refractivity contribution in [2.24, 2.45) is 5.10 Å². The number of benzene rings is 1. The summed E-state index contributed by atoms with van der Waals surface area (Å²) in [5, 5.41) is 14.4. The average molecular weight is 265 g/mol. The number of rotatable bonds is 3. The summed E-state index contributed by atoms with van der Waals surface area (Å²) in [6.45, 7) is 5.16. The summed E-state index contributed by atoms with van der Waals surface area (Å²) < 4.78 is 4.96. The number of nitro groups is 1. The third-order valence-electron chi connectivity index (χ3n) is 1.89. The third-order valence-corrected chi connectivity index (χ3v) is 1.89. The molecule has 1 aromatic carbocycles. The Bertz CT molecular complexity index is 506. The van der Waals surface area contributed by atoms with Crippen molar-refractivity contribution in [1.82, 2.24) is 5.43 Å². The molecule has 0 saturated carbocycles. The van der Waals surface area contributed by atoms with E-state index in [1.165, 1.54) is 18.3 Å². The molecule has 0 aliphatic rings. The van der Waals surface area contributed by atoms with Gasteiger partial charge in [0.05, 0.1) is 16.7 Å². The summed E-state index contributed by atoms with van der Waals surface area (Å²) in [5.41, 5.74) is 1.72. The van der Waals surface area contributed by atoms with E-state index in [1.807, 2.05) is 0 Å². The maximum absolute atomic E-state index is 11.3. The van der Waals surface area contributed by atoms with E-state index in [0.717, 1.165) is 0 Å². The summed E-state index contributed by atoms with van der Waals surface area (Å²) in [6, 6.07) is 6.08. The molecular weight excluding hydrogens is 250 g/mol. The second-order valence-electron chi connectivity index (χ2n) is 4.69. The van der Waals surface area contributed by atoms with Crippen molar-refractivity contribution >= 4 is 18.0 Å². The minimum atomic E-state index is -0.720. The number of nitrogens with zero attached hydrogens (tertiary/aromatic N) is 2. The first-order valence-electron chi connectivity index (χ1n) is 5.55. The van der Waals surface area contributed by atoms with E-state index in [9.17, 15) is 14.9 Å². The predicted octanol–water partition coefficient (Wildman–Crippen LogP) is 2.45.